The quantitative estimate of drug-likeness (QED) is 0.581. The minimum absolute atomic E-state index is 0.0157. The molecule has 0 aromatic heterocycles. The standard InChI is InChI=1S/C27H29N3O4/c1-32-23-9-5-6-21(16-23)27(31)28-18-24(20-10-11-25-26(17-20)34-19-33-25)30-14-12-29(13-15-30)22-7-3-2-4-8-22/h2-11,16-17,24H,12-15,18-19H2,1H3,(H,28,31)/t24-/m0/s1. The summed E-state index contributed by atoms with van der Waals surface area (Å²) in [5, 5.41) is 3.13. The Balaban J connectivity index is 1.32. The number of carbonyl (C=O) groups excluding carboxylic acids is 1. The predicted octanol–water partition coefficient (Wildman–Crippen LogP) is 3.72. The molecule has 1 saturated heterocycles. The molecule has 2 aliphatic heterocycles. The van der Waals surface area contributed by atoms with Crippen LogP contribution in [-0.2, 0) is 0 Å². The van der Waals surface area contributed by atoms with E-state index in [1.165, 1.54) is 5.69 Å². The van der Waals surface area contributed by atoms with Crippen LogP contribution in [0.3, 0.4) is 0 Å². The number of para-hydroxylation sites is 1. The fourth-order valence-electron chi connectivity index (χ4n) is 4.56. The summed E-state index contributed by atoms with van der Waals surface area (Å²) in [7, 11) is 1.60. The van der Waals surface area contributed by atoms with Gasteiger partial charge in [-0.25, -0.2) is 0 Å². The number of carbonyl (C=O) groups is 1. The molecule has 176 valence electrons. The highest BCUT2D eigenvalue weighted by molar-refractivity contribution is 5.94. The van der Waals surface area contributed by atoms with Crippen molar-refractivity contribution < 1.29 is 19.0 Å². The molecule has 7 heteroatoms. The van der Waals surface area contributed by atoms with E-state index in [9.17, 15) is 4.79 Å². The third-order valence-electron chi connectivity index (χ3n) is 6.45. The van der Waals surface area contributed by atoms with E-state index in [1.807, 2.05) is 30.3 Å². The van der Waals surface area contributed by atoms with Gasteiger partial charge in [0.2, 0.25) is 6.79 Å². The van der Waals surface area contributed by atoms with Crippen LogP contribution in [0.5, 0.6) is 17.2 Å². The van der Waals surface area contributed by atoms with Crippen LogP contribution >= 0.6 is 0 Å². The van der Waals surface area contributed by atoms with Crippen LogP contribution in [0, 0.1) is 0 Å². The summed E-state index contributed by atoms with van der Waals surface area (Å²) < 4.78 is 16.4. The van der Waals surface area contributed by atoms with Crippen molar-refractivity contribution in [1.29, 1.82) is 0 Å². The molecule has 3 aromatic carbocycles. The fourth-order valence-corrected chi connectivity index (χ4v) is 4.56. The Morgan fingerprint density at radius 1 is 0.941 bits per heavy atom. The van der Waals surface area contributed by atoms with E-state index < -0.39 is 0 Å². The largest absolute Gasteiger partial charge is 0.497 e. The average molecular weight is 460 g/mol. The van der Waals surface area contributed by atoms with E-state index in [4.69, 9.17) is 14.2 Å². The first-order valence-electron chi connectivity index (χ1n) is 11.6. The molecule has 3 aromatic rings. The third-order valence-corrected chi connectivity index (χ3v) is 6.45. The van der Waals surface area contributed by atoms with Gasteiger partial charge in [0.25, 0.3) is 5.91 Å². The Labute approximate surface area is 199 Å². The normalized spacial score (nSPS) is 16.2. The minimum Gasteiger partial charge on any atom is -0.497 e. The van der Waals surface area contributed by atoms with Crippen molar-refractivity contribution in [2.75, 3.05) is 51.5 Å². The lowest BCUT2D eigenvalue weighted by Gasteiger charge is -2.40. The van der Waals surface area contributed by atoms with Gasteiger partial charge >= 0.3 is 0 Å². The van der Waals surface area contributed by atoms with Crippen LogP contribution in [0.25, 0.3) is 0 Å². The molecule has 2 heterocycles. The molecular weight excluding hydrogens is 430 g/mol. The van der Waals surface area contributed by atoms with Crippen LogP contribution in [0.1, 0.15) is 22.0 Å². The fraction of sp³-hybridized carbons (Fsp3) is 0.296. The van der Waals surface area contributed by atoms with Gasteiger partial charge in [0, 0.05) is 44.0 Å². The molecule has 1 fully saturated rings. The molecule has 0 aliphatic carbocycles. The molecular formula is C27H29N3O4. The van der Waals surface area contributed by atoms with Crippen molar-refractivity contribution in [3.8, 4) is 17.2 Å². The molecule has 1 N–H and O–H groups in total. The van der Waals surface area contributed by atoms with Crippen molar-refractivity contribution in [2.45, 2.75) is 6.04 Å². The highest BCUT2D eigenvalue weighted by Crippen LogP contribution is 2.35. The third kappa shape index (κ3) is 4.79. The molecule has 0 saturated carbocycles. The van der Waals surface area contributed by atoms with Gasteiger partial charge in [-0.3, -0.25) is 9.69 Å². The lowest BCUT2D eigenvalue weighted by molar-refractivity contribution is 0.0930. The Bertz CT molecular complexity index is 1130. The number of fused-ring (bicyclic) bond motifs is 1. The number of hydrogen-bond donors (Lipinski definition) is 1. The van der Waals surface area contributed by atoms with E-state index in [1.54, 1.807) is 19.2 Å². The van der Waals surface area contributed by atoms with Gasteiger partial charge < -0.3 is 24.4 Å². The lowest BCUT2D eigenvalue weighted by atomic mass is 10.0. The highest BCUT2D eigenvalue weighted by Gasteiger charge is 2.27. The number of hydrogen-bond acceptors (Lipinski definition) is 6. The second kappa shape index (κ2) is 10.1. The summed E-state index contributed by atoms with van der Waals surface area (Å²) in [5.74, 6) is 2.06. The van der Waals surface area contributed by atoms with E-state index in [-0.39, 0.29) is 18.7 Å². The molecule has 1 atom stereocenters. The first-order valence-corrected chi connectivity index (χ1v) is 11.6. The molecule has 0 radical (unpaired) electrons. The second-order valence-corrected chi connectivity index (χ2v) is 8.43. The zero-order chi connectivity index (χ0) is 23.3. The first kappa shape index (κ1) is 22.1. The monoisotopic (exact) mass is 459 g/mol. The molecule has 5 rings (SSSR count). The van der Waals surface area contributed by atoms with E-state index >= 15 is 0 Å². The van der Waals surface area contributed by atoms with Crippen LogP contribution in [0.2, 0.25) is 0 Å². The van der Waals surface area contributed by atoms with Crippen molar-refractivity contribution in [1.82, 2.24) is 10.2 Å². The van der Waals surface area contributed by atoms with E-state index in [0.29, 0.717) is 17.9 Å². The first-order chi connectivity index (χ1) is 16.7. The summed E-state index contributed by atoms with van der Waals surface area (Å²) in [6.07, 6.45) is 0. The maximum Gasteiger partial charge on any atom is 0.251 e. The number of piperazine rings is 1. The molecule has 7 nitrogen and oxygen atoms in total. The highest BCUT2D eigenvalue weighted by atomic mass is 16.7. The van der Waals surface area contributed by atoms with Gasteiger partial charge in [-0.2, -0.15) is 0 Å². The topological polar surface area (TPSA) is 63.3 Å². The number of anilines is 1. The second-order valence-electron chi connectivity index (χ2n) is 8.43. The van der Waals surface area contributed by atoms with Gasteiger partial charge in [0.1, 0.15) is 5.75 Å². The molecule has 34 heavy (non-hydrogen) atoms. The molecule has 2 aliphatic rings. The number of nitrogens with one attached hydrogen (secondary N) is 1. The van der Waals surface area contributed by atoms with Gasteiger partial charge in [0.15, 0.2) is 11.5 Å². The van der Waals surface area contributed by atoms with Crippen molar-refractivity contribution in [3.63, 3.8) is 0 Å². The Morgan fingerprint density at radius 3 is 2.53 bits per heavy atom. The summed E-state index contributed by atoms with van der Waals surface area (Å²) >= 11 is 0. The minimum atomic E-state index is -0.118. The zero-order valence-electron chi connectivity index (χ0n) is 19.3. The van der Waals surface area contributed by atoms with Crippen LogP contribution < -0.4 is 24.4 Å². The van der Waals surface area contributed by atoms with Gasteiger partial charge in [0.05, 0.1) is 13.2 Å². The Hall–Kier alpha value is -3.71. The van der Waals surface area contributed by atoms with Crippen molar-refractivity contribution in [3.05, 3.63) is 83.9 Å². The summed E-state index contributed by atoms with van der Waals surface area (Å²) in [5.41, 5.74) is 2.93. The molecule has 0 unspecified atom stereocenters. The SMILES string of the molecule is COc1cccc(C(=O)NC[C@@H](c2ccc3c(c2)OCO3)N2CCN(c3ccccc3)CC2)c1. The maximum atomic E-state index is 12.9. The number of methoxy groups -OCH3 is 1. The smallest absolute Gasteiger partial charge is 0.251 e. The van der Waals surface area contributed by atoms with Gasteiger partial charge in [-0.1, -0.05) is 30.3 Å². The van der Waals surface area contributed by atoms with Gasteiger partial charge in [-0.15, -0.1) is 0 Å². The van der Waals surface area contributed by atoms with Crippen LogP contribution in [0.4, 0.5) is 5.69 Å². The van der Waals surface area contributed by atoms with E-state index in [2.05, 4.69) is 45.4 Å². The van der Waals surface area contributed by atoms with Gasteiger partial charge in [-0.05, 0) is 48.0 Å². The molecule has 0 bridgehead atoms. The maximum absolute atomic E-state index is 12.9. The number of nitrogens with zero attached hydrogens (tertiary/aromatic N) is 2. The predicted molar refractivity (Wildman–Crippen MR) is 131 cm³/mol. The lowest BCUT2D eigenvalue weighted by Crippen LogP contribution is -2.50. The van der Waals surface area contributed by atoms with Crippen molar-refractivity contribution in [2.24, 2.45) is 0 Å². The number of rotatable bonds is 7. The van der Waals surface area contributed by atoms with E-state index in [0.717, 1.165) is 43.2 Å². The molecule has 0 spiro atoms. The summed E-state index contributed by atoms with van der Waals surface area (Å²) in [4.78, 5) is 17.8. The van der Waals surface area contributed by atoms with Crippen LogP contribution in [-0.4, -0.2) is 57.4 Å². The number of amides is 1. The zero-order valence-corrected chi connectivity index (χ0v) is 19.3. The number of ether oxygens (including phenoxy) is 3. The van der Waals surface area contributed by atoms with Crippen LogP contribution in [0.15, 0.2) is 72.8 Å². The molecule has 1 amide bonds. The Morgan fingerprint density at radius 2 is 1.74 bits per heavy atom. The summed E-state index contributed by atoms with van der Waals surface area (Å²) in [6, 6.07) is 23.8. The van der Waals surface area contributed by atoms with Crippen molar-refractivity contribution >= 4 is 11.6 Å². The summed E-state index contributed by atoms with van der Waals surface area (Å²) in [6.45, 7) is 4.36. The Kier molecular flexibility index (Phi) is 6.53. The number of benzene rings is 3. The average Bonchev–Trinajstić information content (AvgIpc) is 3.38.